The lowest BCUT2D eigenvalue weighted by atomic mass is 9.86. The fraction of sp³-hybridized carbons (Fsp3) is 0.600. The van der Waals surface area contributed by atoms with Crippen molar-refractivity contribution < 1.29 is 19.1 Å². The van der Waals surface area contributed by atoms with Gasteiger partial charge in [0.05, 0.1) is 5.92 Å². The molecule has 4 heteroatoms. The summed E-state index contributed by atoms with van der Waals surface area (Å²) in [6.07, 6.45) is 2.97. The van der Waals surface area contributed by atoms with Crippen LogP contribution in [0.5, 0.6) is 0 Å². The van der Waals surface area contributed by atoms with E-state index >= 15 is 0 Å². The lowest BCUT2D eigenvalue weighted by Gasteiger charge is -2.22. The first-order valence-corrected chi connectivity index (χ1v) is 4.52. The standard InChI is InChI=1S/C10H12O4/c11-8-13-6-1-2-7-14-10(12)9-4-3-5-9/h8-9H,3-7H2. The van der Waals surface area contributed by atoms with Crippen LogP contribution in [0, 0.1) is 17.8 Å². The largest absolute Gasteiger partial charge is 0.455 e. The maximum atomic E-state index is 11.1. The molecule has 14 heavy (non-hydrogen) atoms. The van der Waals surface area contributed by atoms with Crippen molar-refractivity contribution in [3.63, 3.8) is 0 Å². The molecule has 0 aromatic rings. The van der Waals surface area contributed by atoms with Gasteiger partial charge in [-0.25, -0.2) is 0 Å². The smallest absolute Gasteiger partial charge is 0.309 e. The highest BCUT2D eigenvalue weighted by Crippen LogP contribution is 2.27. The number of rotatable bonds is 4. The minimum atomic E-state index is -0.165. The number of esters is 1. The first kappa shape index (κ1) is 10.6. The Labute approximate surface area is 82.6 Å². The molecule has 1 aliphatic carbocycles. The average molecular weight is 196 g/mol. The molecule has 0 unspecified atom stereocenters. The summed E-state index contributed by atoms with van der Waals surface area (Å²) in [4.78, 5) is 20.8. The summed E-state index contributed by atoms with van der Waals surface area (Å²) < 4.78 is 9.20. The van der Waals surface area contributed by atoms with Gasteiger partial charge in [-0.1, -0.05) is 18.3 Å². The van der Waals surface area contributed by atoms with Crippen molar-refractivity contribution in [2.24, 2.45) is 5.92 Å². The van der Waals surface area contributed by atoms with Crippen LogP contribution in [0.15, 0.2) is 0 Å². The van der Waals surface area contributed by atoms with Crippen LogP contribution >= 0.6 is 0 Å². The van der Waals surface area contributed by atoms with Crippen molar-refractivity contribution >= 4 is 12.4 Å². The molecule has 1 saturated carbocycles. The zero-order chi connectivity index (χ0) is 10.2. The molecule has 0 aliphatic heterocycles. The molecule has 0 aromatic heterocycles. The number of carbonyl (C=O) groups excluding carboxylic acids is 2. The van der Waals surface area contributed by atoms with E-state index in [1.54, 1.807) is 0 Å². The zero-order valence-corrected chi connectivity index (χ0v) is 7.82. The van der Waals surface area contributed by atoms with E-state index in [1.165, 1.54) is 0 Å². The Kier molecular flexibility index (Phi) is 4.56. The van der Waals surface area contributed by atoms with E-state index in [2.05, 4.69) is 16.6 Å². The van der Waals surface area contributed by atoms with E-state index in [1.807, 2.05) is 0 Å². The van der Waals surface area contributed by atoms with Gasteiger partial charge in [0.15, 0.2) is 13.2 Å². The van der Waals surface area contributed by atoms with E-state index in [4.69, 9.17) is 4.74 Å². The zero-order valence-electron chi connectivity index (χ0n) is 7.82. The molecule has 0 N–H and O–H groups in total. The highest BCUT2D eigenvalue weighted by Gasteiger charge is 2.26. The highest BCUT2D eigenvalue weighted by molar-refractivity contribution is 5.73. The normalized spacial score (nSPS) is 14.6. The molecule has 1 aliphatic rings. The average Bonchev–Trinajstić information content (AvgIpc) is 2.08. The summed E-state index contributed by atoms with van der Waals surface area (Å²) in [7, 11) is 0. The van der Waals surface area contributed by atoms with E-state index < -0.39 is 0 Å². The third-order valence-electron chi connectivity index (χ3n) is 2.07. The van der Waals surface area contributed by atoms with Crippen LogP contribution in [0.4, 0.5) is 0 Å². The molecule has 0 spiro atoms. The molecule has 1 rings (SSSR count). The highest BCUT2D eigenvalue weighted by atomic mass is 16.5. The quantitative estimate of drug-likeness (QED) is 0.284. The van der Waals surface area contributed by atoms with Gasteiger partial charge in [0, 0.05) is 0 Å². The molecule has 76 valence electrons. The van der Waals surface area contributed by atoms with Crippen molar-refractivity contribution in [2.45, 2.75) is 19.3 Å². The van der Waals surface area contributed by atoms with Gasteiger partial charge in [-0.05, 0) is 12.8 Å². The summed E-state index contributed by atoms with van der Waals surface area (Å²) in [6, 6.07) is 0. The molecule has 1 fully saturated rings. The second-order valence-electron chi connectivity index (χ2n) is 3.00. The lowest BCUT2D eigenvalue weighted by Crippen LogP contribution is -2.24. The molecule has 0 saturated heterocycles. The summed E-state index contributed by atoms with van der Waals surface area (Å²) in [5.74, 6) is 5.03. The molecule has 0 heterocycles. The Morgan fingerprint density at radius 1 is 1.36 bits per heavy atom. The Morgan fingerprint density at radius 3 is 2.64 bits per heavy atom. The maximum absolute atomic E-state index is 11.1. The molecular weight excluding hydrogens is 184 g/mol. The fourth-order valence-corrected chi connectivity index (χ4v) is 1.05. The topological polar surface area (TPSA) is 52.6 Å². The molecule has 0 radical (unpaired) electrons. The van der Waals surface area contributed by atoms with Crippen molar-refractivity contribution in [3.05, 3.63) is 0 Å². The summed E-state index contributed by atoms with van der Waals surface area (Å²) in [6.45, 7) is 0.455. The van der Waals surface area contributed by atoms with E-state index in [9.17, 15) is 9.59 Å². The number of carbonyl (C=O) groups is 2. The molecule has 0 amide bonds. The Hall–Kier alpha value is -1.50. The fourth-order valence-electron chi connectivity index (χ4n) is 1.05. The Balaban J connectivity index is 2.03. The summed E-state index contributed by atoms with van der Waals surface area (Å²) in [5, 5.41) is 0. The summed E-state index contributed by atoms with van der Waals surface area (Å²) >= 11 is 0. The minimum Gasteiger partial charge on any atom is -0.455 e. The maximum Gasteiger partial charge on any atom is 0.309 e. The van der Waals surface area contributed by atoms with Gasteiger partial charge in [0.25, 0.3) is 6.47 Å². The van der Waals surface area contributed by atoms with Crippen molar-refractivity contribution in [3.8, 4) is 11.8 Å². The van der Waals surface area contributed by atoms with Crippen molar-refractivity contribution in [1.82, 2.24) is 0 Å². The van der Waals surface area contributed by atoms with E-state index in [0.717, 1.165) is 19.3 Å². The number of hydrogen-bond donors (Lipinski definition) is 0. The number of hydrogen-bond acceptors (Lipinski definition) is 4. The third-order valence-corrected chi connectivity index (χ3v) is 2.07. The van der Waals surface area contributed by atoms with Gasteiger partial charge in [0.1, 0.15) is 0 Å². The SMILES string of the molecule is O=COCC#CCOC(=O)C1CCC1. The summed E-state index contributed by atoms with van der Waals surface area (Å²) in [5.41, 5.74) is 0. The van der Waals surface area contributed by atoms with Crippen LogP contribution < -0.4 is 0 Å². The second-order valence-corrected chi connectivity index (χ2v) is 3.00. The van der Waals surface area contributed by atoms with Crippen molar-refractivity contribution in [1.29, 1.82) is 0 Å². The van der Waals surface area contributed by atoms with Gasteiger partial charge >= 0.3 is 5.97 Å². The predicted molar refractivity (Wildman–Crippen MR) is 48.1 cm³/mol. The second kappa shape index (κ2) is 6.03. The van der Waals surface area contributed by atoms with Gasteiger partial charge < -0.3 is 9.47 Å². The molecule has 4 nitrogen and oxygen atoms in total. The van der Waals surface area contributed by atoms with Gasteiger partial charge in [-0.2, -0.15) is 0 Å². The predicted octanol–water partition coefficient (Wildman–Crippen LogP) is 0.506. The first-order chi connectivity index (χ1) is 6.84. The monoisotopic (exact) mass is 196 g/mol. The molecule has 0 atom stereocenters. The van der Waals surface area contributed by atoms with Crippen LogP contribution in [0.25, 0.3) is 0 Å². The number of ether oxygens (including phenoxy) is 2. The van der Waals surface area contributed by atoms with E-state index in [0.29, 0.717) is 6.47 Å². The molecule has 0 bridgehead atoms. The van der Waals surface area contributed by atoms with Crippen LogP contribution in [-0.4, -0.2) is 25.7 Å². The van der Waals surface area contributed by atoms with Gasteiger partial charge in [-0.3, -0.25) is 9.59 Å². The van der Waals surface area contributed by atoms with Gasteiger partial charge in [0.2, 0.25) is 0 Å². The lowest BCUT2D eigenvalue weighted by molar-refractivity contribution is -0.149. The third kappa shape index (κ3) is 3.48. The van der Waals surface area contributed by atoms with Gasteiger partial charge in [-0.15, -0.1) is 0 Å². The molecular formula is C10H12O4. The van der Waals surface area contributed by atoms with Crippen LogP contribution in [0.3, 0.4) is 0 Å². The van der Waals surface area contributed by atoms with Crippen LogP contribution in [0.1, 0.15) is 19.3 Å². The van der Waals surface area contributed by atoms with Crippen LogP contribution in [-0.2, 0) is 19.1 Å². The van der Waals surface area contributed by atoms with Crippen molar-refractivity contribution in [2.75, 3.05) is 13.2 Å². The first-order valence-electron chi connectivity index (χ1n) is 4.52. The minimum absolute atomic E-state index is 0.0461. The van der Waals surface area contributed by atoms with E-state index in [-0.39, 0.29) is 25.1 Å². The van der Waals surface area contributed by atoms with Crippen LogP contribution in [0.2, 0.25) is 0 Å². The Morgan fingerprint density at radius 2 is 2.07 bits per heavy atom. The molecule has 0 aromatic carbocycles. The Bertz CT molecular complexity index is 257.